The third kappa shape index (κ3) is 12.5. The molecule has 0 rings (SSSR count). The van der Waals surface area contributed by atoms with Gasteiger partial charge in [0, 0.05) is 0 Å². The molecule has 5 nitrogen and oxygen atoms in total. The van der Waals surface area contributed by atoms with Crippen molar-refractivity contribution in [2.75, 3.05) is 33.3 Å². The Morgan fingerprint density at radius 1 is 1.11 bits per heavy atom. The molecule has 0 aliphatic carbocycles. The molecule has 0 bridgehead atoms. The molecule has 0 aliphatic rings. The van der Waals surface area contributed by atoms with Gasteiger partial charge in [0.25, 0.3) is 0 Å². The van der Waals surface area contributed by atoms with Crippen LogP contribution in [-0.2, 0) is 9.09 Å². The molecule has 18 heavy (non-hydrogen) atoms. The normalized spacial score (nSPS) is 13.8. The summed E-state index contributed by atoms with van der Waals surface area (Å²) in [5, 5.41) is 0. The van der Waals surface area contributed by atoms with Gasteiger partial charge in [-0.25, -0.2) is 4.57 Å². The van der Waals surface area contributed by atoms with Gasteiger partial charge in [0.15, 0.2) is 0 Å². The molecule has 112 valence electrons. The zero-order valence-corrected chi connectivity index (χ0v) is 13.6. The van der Waals surface area contributed by atoms with Crippen molar-refractivity contribution in [2.45, 2.75) is 41.0 Å². The molecule has 0 aromatic carbocycles. The molecular weight excluding hydrogens is 253 g/mol. The van der Waals surface area contributed by atoms with Gasteiger partial charge in [-0.1, -0.05) is 20.3 Å². The standard InChI is InChI=1S/C7H18N.C5H13O4P/c1-5-8(4,6-2)7-3;1-3-5(2)4-9-10(6,7)8/h5-7H2,1-4H3;5H,3-4H2,1-2H3,(H2,6,7,8)/q+1;. The van der Waals surface area contributed by atoms with Gasteiger partial charge in [-0.3, -0.25) is 4.52 Å². The maximum absolute atomic E-state index is 10.1. The molecule has 0 saturated heterocycles. The zero-order valence-electron chi connectivity index (χ0n) is 12.7. The van der Waals surface area contributed by atoms with Crippen LogP contribution in [0.25, 0.3) is 0 Å². The fraction of sp³-hybridized carbons (Fsp3) is 1.00. The Hall–Kier alpha value is 0.0700. The van der Waals surface area contributed by atoms with Crippen molar-refractivity contribution in [1.82, 2.24) is 0 Å². The second-order valence-corrected chi connectivity index (χ2v) is 6.11. The van der Waals surface area contributed by atoms with Crippen molar-refractivity contribution in [3.63, 3.8) is 0 Å². The summed E-state index contributed by atoms with van der Waals surface area (Å²) in [5.41, 5.74) is 0. The van der Waals surface area contributed by atoms with Crippen molar-refractivity contribution >= 4 is 7.82 Å². The van der Waals surface area contributed by atoms with Gasteiger partial charge in [-0.2, -0.15) is 0 Å². The highest BCUT2D eigenvalue weighted by Gasteiger charge is 2.14. The first kappa shape index (κ1) is 20.4. The minimum Gasteiger partial charge on any atom is -0.327 e. The van der Waals surface area contributed by atoms with E-state index in [0.29, 0.717) is 0 Å². The third-order valence-corrected chi connectivity index (χ3v) is 4.00. The fourth-order valence-corrected chi connectivity index (χ4v) is 1.46. The molecule has 0 saturated carbocycles. The number of phosphoric acid groups is 1. The molecule has 1 atom stereocenters. The molecule has 6 heteroatoms. The lowest BCUT2D eigenvalue weighted by atomic mass is 10.1. The molecule has 0 aromatic rings. The monoisotopic (exact) mass is 284 g/mol. The highest BCUT2D eigenvalue weighted by atomic mass is 31.2. The maximum atomic E-state index is 10.1. The first-order valence-corrected chi connectivity index (χ1v) is 8.20. The Balaban J connectivity index is 0. The first-order chi connectivity index (χ1) is 8.14. The van der Waals surface area contributed by atoms with E-state index in [1.54, 1.807) is 0 Å². The topological polar surface area (TPSA) is 66.8 Å². The van der Waals surface area contributed by atoms with Crippen molar-refractivity contribution in [3.8, 4) is 0 Å². The number of phosphoric ester groups is 1. The molecule has 0 heterocycles. The van der Waals surface area contributed by atoms with E-state index in [9.17, 15) is 4.57 Å². The molecule has 0 spiro atoms. The molecule has 0 aliphatic heterocycles. The summed E-state index contributed by atoms with van der Waals surface area (Å²) in [6.45, 7) is 14.4. The van der Waals surface area contributed by atoms with E-state index in [0.717, 1.165) is 6.42 Å². The van der Waals surface area contributed by atoms with Gasteiger partial charge in [0.2, 0.25) is 0 Å². The average molecular weight is 284 g/mol. The van der Waals surface area contributed by atoms with Gasteiger partial charge >= 0.3 is 7.82 Å². The molecule has 2 N–H and O–H groups in total. The predicted octanol–water partition coefficient (Wildman–Crippen LogP) is 2.63. The quantitative estimate of drug-likeness (QED) is 0.557. The molecule has 1 unspecified atom stereocenters. The number of nitrogens with zero attached hydrogens (tertiary/aromatic N) is 1. The van der Waals surface area contributed by atoms with Crippen LogP contribution >= 0.6 is 7.82 Å². The van der Waals surface area contributed by atoms with Crippen molar-refractivity contribution in [2.24, 2.45) is 5.92 Å². The fourth-order valence-electron chi connectivity index (χ4n) is 1.01. The van der Waals surface area contributed by atoms with Crippen LogP contribution in [-0.4, -0.2) is 47.6 Å². The average Bonchev–Trinajstić information content (AvgIpc) is 2.34. The van der Waals surface area contributed by atoms with E-state index < -0.39 is 7.82 Å². The van der Waals surface area contributed by atoms with Crippen LogP contribution in [0.5, 0.6) is 0 Å². The number of hydrogen-bond acceptors (Lipinski definition) is 2. The second-order valence-electron chi connectivity index (χ2n) is 4.87. The van der Waals surface area contributed by atoms with Gasteiger partial charge in [-0.15, -0.1) is 0 Å². The Labute approximate surface area is 112 Å². The van der Waals surface area contributed by atoms with Crippen molar-refractivity contribution in [3.05, 3.63) is 0 Å². The zero-order chi connectivity index (χ0) is 14.8. The molecule has 0 amide bonds. The summed E-state index contributed by atoms with van der Waals surface area (Å²) >= 11 is 0. The van der Waals surface area contributed by atoms with Crippen LogP contribution in [0.4, 0.5) is 0 Å². The van der Waals surface area contributed by atoms with Crippen molar-refractivity contribution < 1.29 is 23.4 Å². The van der Waals surface area contributed by atoms with Crippen LogP contribution in [0.15, 0.2) is 0 Å². The minimum absolute atomic E-state index is 0.126. The SMILES string of the molecule is CCC(C)COP(=O)(O)O.CC[N+](C)(CC)CC. The van der Waals surface area contributed by atoms with Gasteiger partial charge in [0.1, 0.15) is 0 Å². The van der Waals surface area contributed by atoms with Crippen LogP contribution < -0.4 is 0 Å². The summed E-state index contributed by atoms with van der Waals surface area (Å²) in [6, 6.07) is 0. The molecular formula is C12H31NO4P+. The Bertz CT molecular complexity index is 230. The maximum Gasteiger partial charge on any atom is 0.469 e. The summed E-state index contributed by atoms with van der Waals surface area (Å²) in [7, 11) is -1.94. The molecule has 0 aromatic heterocycles. The lowest BCUT2D eigenvalue weighted by Crippen LogP contribution is -2.42. The van der Waals surface area contributed by atoms with Gasteiger partial charge in [-0.05, 0) is 26.7 Å². The van der Waals surface area contributed by atoms with E-state index in [2.05, 4.69) is 32.3 Å². The summed E-state index contributed by atoms with van der Waals surface area (Å²) in [4.78, 5) is 16.5. The summed E-state index contributed by atoms with van der Waals surface area (Å²) in [5.74, 6) is 0.202. The number of quaternary nitrogens is 1. The Morgan fingerprint density at radius 3 is 1.67 bits per heavy atom. The molecule has 0 radical (unpaired) electrons. The highest BCUT2D eigenvalue weighted by molar-refractivity contribution is 7.46. The highest BCUT2D eigenvalue weighted by Crippen LogP contribution is 2.36. The summed E-state index contributed by atoms with van der Waals surface area (Å²) in [6.07, 6.45) is 0.861. The Kier molecular flexibility index (Phi) is 11.2. The van der Waals surface area contributed by atoms with E-state index in [4.69, 9.17) is 9.79 Å². The lowest BCUT2D eigenvalue weighted by molar-refractivity contribution is -0.904. The largest absolute Gasteiger partial charge is 0.469 e. The van der Waals surface area contributed by atoms with Crippen LogP contribution in [0.1, 0.15) is 41.0 Å². The van der Waals surface area contributed by atoms with E-state index in [-0.39, 0.29) is 12.5 Å². The minimum atomic E-state index is -4.23. The number of hydrogen-bond donors (Lipinski definition) is 2. The van der Waals surface area contributed by atoms with Crippen LogP contribution in [0.2, 0.25) is 0 Å². The first-order valence-electron chi connectivity index (χ1n) is 6.67. The van der Waals surface area contributed by atoms with Gasteiger partial charge < -0.3 is 14.3 Å². The van der Waals surface area contributed by atoms with E-state index >= 15 is 0 Å². The second kappa shape index (κ2) is 9.93. The molecule has 0 fully saturated rings. The van der Waals surface area contributed by atoms with Gasteiger partial charge in [0.05, 0.1) is 33.3 Å². The van der Waals surface area contributed by atoms with Crippen molar-refractivity contribution in [1.29, 1.82) is 0 Å². The number of rotatable bonds is 7. The predicted molar refractivity (Wildman–Crippen MR) is 75.3 cm³/mol. The Morgan fingerprint density at radius 2 is 1.50 bits per heavy atom. The smallest absolute Gasteiger partial charge is 0.327 e. The van der Waals surface area contributed by atoms with E-state index in [1.807, 2.05) is 13.8 Å². The van der Waals surface area contributed by atoms with Crippen LogP contribution in [0, 0.1) is 5.92 Å². The van der Waals surface area contributed by atoms with Crippen LogP contribution in [0.3, 0.4) is 0 Å². The van der Waals surface area contributed by atoms with E-state index in [1.165, 1.54) is 24.1 Å². The lowest BCUT2D eigenvalue weighted by Gasteiger charge is -2.30. The third-order valence-electron chi connectivity index (χ3n) is 3.51. The summed E-state index contributed by atoms with van der Waals surface area (Å²) < 4.78 is 15.6.